The van der Waals surface area contributed by atoms with Crippen LogP contribution in [-0.4, -0.2) is 37.2 Å². The molecule has 1 atom stereocenters. The van der Waals surface area contributed by atoms with Crippen molar-refractivity contribution in [1.82, 2.24) is 0 Å². The molecular weight excluding hydrogens is 733 g/mol. The number of ether oxygens (including phenoxy) is 3. The van der Waals surface area contributed by atoms with Gasteiger partial charge < -0.3 is 14.2 Å². The zero-order valence-electron chi connectivity index (χ0n) is 38.8. The van der Waals surface area contributed by atoms with E-state index in [9.17, 15) is 14.4 Å². The van der Waals surface area contributed by atoms with Crippen molar-refractivity contribution in [2.75, 3.05) is 13.2 Å². The average Bonchev–Trinajstić information content (AvgIpc) is 3.23. The normalized spacial score (nSPS) is 12.5. The highest BCUT2D eigenvalue weighted by atomic mass is 16.6. The fourth-order valence-corrected chi connectivity index (χ4v) is 6.79. The minimum Gasteiger partial charge on any atom is -0.462 e. The summed E-state index contributed by atoms with van der Waals surface area (Å²) in [6.45, 7) is 6.43. The molecule has 0 spiro atoms. The number of carbonyl (C=O) groups is 3. The Hall–Kier alpha value is -2.89. The summed E-state index contributed by atoms with van der Waals surface area (Å²) in [4.78, 5) is 37.8. The first-order valence-electron chi connectivity index (χ1n) is 24.8. The largest absolute Gasteiger partial charge is 0.462 e. The Kier molecular flexibility index (Phi) is 45.4. The van der Waals surface area contributed by atoms with Crippen molar-refractivity contribution < 1.29 is 28.6 Å². The molecule has 59 heavy (non-hydrogen) atoms. The van der Waals surface area contributed by atoms with Crippen LogP contribution in [0.5, 0.6) is 0 Å². The van der Waals surface area contributed by atoms with Gasteiger partial charge in [-0.15, -0.1) is 0 Å². The van der Waals surface area contributed by atoms with Crippen LogP contribution >= 0.6 is 0 Å². The van der Waals surface area contributed by atoms with Gasteiger partial charge in [0.25, 0.3) is 0 Å². The van der Waals surface area contributed by atoms with Crippen molar-refractivity contribution in [2.45, 2.75) is 245 Å². The van der Waals surface area contributed by atoms with E-state index >= 15 is 0 Å². The van der Waals surface area contributed by atoms with Crippen molar-refractivity contribution in [2.24, 2.45) is 0 Å². The maximum Gasteiger partial charge on any atom is 0.306 e. The molecule has 0 radical (unpaired) electrons. The Morgan fingerprint density at radius 1 is 0.356 bits per heavy atom. The first-order chi connectivity index (χ1) is 29.0. The summed E-state index contributed by atoms with van der Waals surface area (Å²) in [5.41, 5.74) is 0. The molecular formula is C53H92O6. The lowest BCUT2D eigenvalue weighted by atomic mass is 10.1. The van der Waals surface area contributed by atoms with E-state index in [1.165, 1.54) is 89.9 Å². The average molecular weight is 825 g/mol. The van der Waals surface area contributed by atoms with Crippen molar-refractivity contribution in [3.8, 4) is 0 Å². The Morgan fingerprint density at radius 2 is 0.695 bits per heavy atom. The predicted octanol–water partition coefficient (Wildman–Crippen LogP) is 16.1. The zero-order chi connectivity index (χ0) is 43.0. The highest BCUT2D eigenvalue weighted by Crippen LogP contribution is 2.14. The number of rotatable bonds is 44. The lowest BCUT2D eigenvalue weighted by Crippen LogP contribution is -2.30. The van der Waals surface area contributed by atoms with Gasteiger partial charge in [-0.2, -0.15) is 0 Å². The second kappa shape index (κ2) is 47.8. The monoisotopic (exact) mass is 825 g/mol. The van der Waals surface area contributed by atoms with Crippen LogP contribution in [0.25, 0.3) is 0 Å². The number of unbranched alkanes of at least 4 members (excludes halogenated alkanes) is 23. The van der Waals surface area contributed by atoms with Crippen molar-refractivity contribution >= 4 is 17.9 Å². The van der Waals surface area contributed by atoms with E-state index in [1.807, 2.05) is 0 Å². The van der Waals surface area contributed by atoms with Gasteiger partial charge in [-0.05, 0) is 77.0 Å². The highest BCUT2D eigenvalue weighted by Gasteiger charge is 2.19. The van der Waals surface area contributed by atoms with Gasteiger partial charge in [0.15, 0.2) is 6.10 Å². The molecule has 0 heterocycles. The summed E-state index contributed by atoms with van der Waals surface area (Å²) in [5.74, 6) is -0.899. The predicted molar refractivity (Wildman–Crippen MR) is 251 cm³/mol. The van der Waals surface area contributed by atoms with E-state index in [4.69, 9.17) is 14.2 Å². The van der Waals surface area contributed by atoms with Gasteiger partial charge in [0.1, 0.15) is 13.2 Å². The standard InChI is InChI=1S/C53H92O6/c1-4-7-10-13-16-19-22-23-24-25-26-27-28-29-30-31-32-35-37-40-43-46-52(55)58-49-50(59-53(56)47-44-41-38-34-21-18-15-12-9-6-3)48-57-51(54)45-42-39-36-33-20-17-14-11-8-5-2/h7,10,12,15-16,19,23-24,26-27,50H,4-6,8-9,11,13-14,17-18,20-22,25,28-49H2,1-3H3/b10-7-,15-12-,19-16-,24-23-,27-26-. The van der Waals surface area contributed by atoms with Crippen LogP contribution in [0.4, 0.5) is 0 Å². The molecule has 0 aromatic heterocycles. The first-order valence-corrected chi connectivity index (χ1v) is 24.8. The fraction of sp³-hybridized carbons (Fsp3) is 0.755. The van der Waals surface area contributed by atoms with E-state index in [-0.39, 0.29) is 31.1 Å². The SMILES string of the molecule is CC/C=C\C/C=C\C/C=C\C/C=C\CCCCCCCCCCC(=O)OCC(COC(=O)CCCCCCCCCCCC)OC(=O)CCCCCCC/C=C\CCC. The van der Waals surface area contributed by atoms with Crippen LogP contribution in [-0.2, 0) is 28.6 Å². The van der Waals surface area contributed by atoms with Gasteiger partial charge in [-0.3, -0.25) is 14.4 Å². The number of esters is 3. The molecule has 0 saturated carbocycles. The van der Waals surface area contributed by atoms with Crippen LogP contribution < -0.4 is 0 Å². The molecule has 0 aliphatic heterocycles. The molecule has 0 fully saturated rings. The molecule has 0 saturated heterocycles. The minimum atomic E-state index is -0.777. The molecule has 0 aliphatic rings. The van der Waals surface area contributed by atoms with E-state index in [0.29, 0.717) is 19.3 Å². The van der Waals surface area contributed by atoms with E-state index in [2.05, 4.69) is 81.5 Å². The Labute approximate surface area is 364 Å². The fourth-order valence-electron chi connectivity index (χ4n) is 6.79. The summed E-state index contributed by atoms with van der Waals surface area (Å²) in [6.07, 6.45) is 57.8. The van der Waals surface area contributed by atoms with Gasteiger partial charge in [0, 0.05) is 19.3 Å². The molecule has 0 aromatic rings. The Bertz CT molecular complexity index is 1090. The maximum absolute atomic E-state index is 12.7. The maximum atomic E-state index is 12.7. The lowest BCUT2D eigenvalue weighted by molar-refractivity contribution is -0.167. The minimum absolute atomic E-state index is 0.0788. The van der Waals surface area contributed by atoms with E-state index in [0.717, 1.165) is 109 Å². The molecule has 0 N–H and O–H groups in total. The summed E-state index contributed by atoms with van der Waals surface area (Å²) in [6, 6.07) is 0. The quantitative estimate of drug-likeness (QED) is 0.0263. The van der Waals surface area contributed by atoms with Gasteiger partial charge in [0.2, 0.25) is 0 Å². The Balaban J connectivity index is 4.27. The molecule has 6 nitrogen and oxygen atoms in total. The second-order valence-corrected chi connectivity index (χ2v) is 16.3. The first kappa shape index (κ1) is 56.1. The van der Waals surface area contributed by atoms with Gasteiger partial charge in [-0.25, -0.2) is 0 Å². The Morgan fingerprint density at radius 3 is 1.12 bits per heavy atom. The van der Waals surface area contributed by atoms with Crippen LogP contribution in [0, 0.1) is 0 Å². The summed E-state index contributed by atoms with van der Waals surface area (Å²) >= 11 is 0. The zero-order valence-corrected chi connectivity index (χ0v) is 38.8. The molecule has 0 aromatic carbocycles. The molecule has 340 valence electrons. The number of allylic oxidation sites excluding steroid dienone is 10. The van der Waals surface area contributed by atoms with Crippen molar-refractivity contribution in [1.29, 1.82) is 0 Å². The highest BCUT2D eigenvalue weighted by molar-refractivity contribution is 5.71. The summed E-state index contributed by atoms with van der Waals surface area (Å²) in [7, 11) is 0. The molecule has 0 amide bonds. The topological polar surface area (TPSA) is 78.9 Å². The summed E-state index contributed by atoms with van der Waals surface area (Å²) < 4.78 is 16.7. The second-order valence-electron chi connectivity index (χ2n) is 16.3. The molecule has 0 bridgehead atoms. The number of hydrogen-bond donors (Lipinski definition) is 0. The summed E-state index contributed by atoms with van der Waals surface area (Å²) in [5, 5.41) is 0. The van der Waals surface area contributed by atoms with Crippen molar-refractivity contribution in [3.05, 3.63) is 60.8 Å². The number of carbonyl (C=O) groups excluding carboxylic acids is 3. The number of hydrogen-bond acceptors (Lipinski definition) is 6. The van der Waals surface area contributed by atoms with Crippen LogP contribution in [0.15, 0.2) is 60.8 Å². The van der Waals surface area contributed by atoms with Crippen LogP contribution in [0.3, 0.4) is 0 Å². The van der Waals surface area contributed by atoms with Crippen molar-refractivity contribution in [3.63, 3.8) is 0 Å². The molecule has 0 aliphatic carbocycles. The van der Waals surface area contributed by atoms with Crippen LogP contribution in [0.1, 0.15) is 239 Å². The van der Waals surface area contributed by atoms with E-state index < -0.39 is 6.10 Å². The lowest BCUT2D eigenvalue weighted by Gasteiger charge is -2.18. The smallest absolute Gasteiger partial charge is 0.306 e. The molecule has 1 unspecified atom stereocenters. The van der Waals surface area contributed by atoms with Gasteiger partial charge >= 0.3 is 17.9 Å². The third-order valence-corrected chi connectivity index (χ3v) is 10.5. The van der Waals surface area contributed by atoms with Gasteiger partial charge in [-0.1, -0.05) is 204 Å². The van der Waals surface area contributed by atoms with Crippen LogP contribution in [0.2, 0.25) is 0 Å². The molecule has 6 heteroatoms. The van der Waals surface area contributed by atoms with E-state index in [1.54, 1.807) is 0 Å². The van der Waals surface area contributed by atoms with Gasteiger partial charge in [0.05, 0.1) is 0 Å². The molecule has 0 rings (SSSR count). The third-order valence-electron chi connectivity index (χ3n) is 10.5. The third kappa shape index (κ3) is 46.0.